The Morgan fingerprint density at radius 1 is 1.12 bits per heavy atom. The molecule has 0 saturated heterocycles. The van der Waals surface area contributed by atoms with Crippen LogP contribution in [0.1, 0.15) is 27.2 Å². The van der Waals surface area contributed by atoms with Crippen molar-refractivity contribution in [1.29, 1.82) is 0 Å². The Bertz CT molecular complexity index is 279. The molecule has 0 bridgehead atoms. The Hall–Kier alpha value is -1.58. The second-order valence-electron chi connectivity index (χ2n) is 3.20. The van der Waals surface area contributed by atoms with E-state index in [-0.39, 0.29) is 24.6 Å². The van der Waals surface area contributed by atoms with Crippen molar-refractivity contribution >= 4 is 11.9 Å². The molecule has 0 aliphatic carbocycles. The summed E-state index contributed by atoms with van der Waals surface area (Å²) in [4.78, 5) is 21.9. The highest BCUT2D eigenvalue weighted by atomic mass is 16.6. The molecule has 90 valence electrons. The molecular weight excluding hydrogens is 208 g/mol. The molecule has 0 saturated carbocycles. The van der Waals surface area contributed by atoms with Crippen LogP contribution in [0.2, 0.25) is 0 Å². The zero-order chi connectivity index (χ0) is 12.4. The summed E-state index contributed by atoms with van der Waals surface area (Å²) in [5.41, 5.74) is 0. The van der Waals surface area contributed by atoms with Gasteiger partial charge in [-0.15, -0.1) is 0 Å². The molecule has 1 unspecified atom stereocenters. The number of hydrogen-bond donors (Lipinski definition) is 0. The maximum absolute atomic E-state index is 11.0. The number of rotatable bonds is 6. The van der Waals surface area contributed by atoms with Gasteiger partial charge in [-0.3, -0.25) is 0 Å². The van der Waals surface area contributed by atoms with Crippen LogP contribution in [0, 0.1) is 0 Å². The lowest BCUT2D eigenvalue weighted by Gasteiger charge is -2.11. The van der Waals surface area contributed by atoms with Crippen LogP contribution in [0.25, 0.3) is 0 Å². The van der Waals surface area contributed by atoms with Gasteiger partial charge in [0.2, 0.25) is 0 Å². The Morgan fingerprint density at radius 3 is 2.25 bits per heavy atom. The van der Waals surface area contributed by atoms with Crippen molar-refractivity contribution in [3.05, 3.63) is 24.3 Å². The fourth-order valence-corrected chi connectivity index (χ4v) is 0.942. The van der Waals surface area contributed by atoms with Crippen molar-refractivity contribution in [2.45, 2.75) is 33.3 Å². The quantitative estimate of drug-likeness (QED) is 0.513. The number of allylic oxidation sites excluding steroid dienone is 2. The van der Waals surface area contributed by atoms with E-state index in [9.17, 15) is 9.59 Å². The van der Waals surface area contributed by atoms with Crippen LogP contribution in [-0.4, -0.2) is 24.6 Å². The third-order valence-electron chi connectivity index (χ3n) is 1.69. The minimum atomic E-state index is -0.380. The second-order valence-corrected chi connectivity index (χ2v) is 3.20. The fourth-order valence-electron chi connectivity index (χ4n) is 0.942. The van der Waals surface area contributed by atoms with Crippen LogP contribution in [0.4, 0.5) is 0 Å². The first-order chi connectivity index (χ1) is 7.60. The van der Waals surface area contributed by atoms with E-state index in [0.717, 1.165) is 0 Å². The molecule has 4 nitrogen and oxygen atoms in total. The highest BCUT2D eigenvalue weighted by Gasteiger charge is 2.07. The third kappa shape index (κ3) is 7.79. The van der Waals surface area contributed by atoms with Crippen LogP contribution in [0.15, 0.2) is 24.3 Å². The van der Waals surface area contributed by atoms with Crippen LogP contribution in [0.3, 0.4) is 0 Å². The lowest BCUT2D eigenvalue weighted by Crippen LogP contribution is -2.16. The Morgan fingerprint density at radius 2 is 1.69 bits per heavy atom. The Kier molecular flexibility index (Phi) is 7.85. The van der Waals surface area contributed by atoms with Crippen molar-refractivity contribution in [2.24, 2.45) is 0 Å². The molecule has 0 spiro atoms. The molecule has 0 amide bonds. The molecule has 0 fully saturated rings. The maximum Gasteiger partial charge on any atom is 0.330 e. The molecule has 4 heteroatoms. The van der Waals surface area contributed by atoms with Gasteiger partial charge in [0.25, 0.3) is 0 Å². The number of esters is 2. The van der Waals surface area contributed by atoms with Gasteiger partial charge in [0.1, 0.15) is 6.10 Å². The molecule has 0 aliphatic heterocycles. The molecule has 0 aliphatic rings. The van der Waals surface area contributed by atoms with Crippen LogP contribution in [-0.2, 0) is 19.1 Å². The maximum atomic E-state index is 11.0. The number of carbonyl (C=O) groups excluding carboxylic acids is 2. The van der Waals surface area contributed by atoms with E-state index in [0.29, 0.717) is 6.42 Å². The summed E-state index contributed by atoms with van der Waals surface area (Å²) in [7, 11) is 0. The predicted octanol–water partition coefficient (Wildman–Crippen LogP) is 2.00. The minimum Gasteiger partial charge on any atom is -0.462 e. The predicted molar refractivity (Wildman–Crippen MR) is 60.8 cm³/mol. The van der Waals surface area contributed by atoms with Gasteiger partial charge >= 0.3 is 11.9 Å². The van der Waals surface area contributed by atoms with Crippen LogP contribution < -0.4 is 0 Å². The summed E-state index contributed by atoms with van der Waals surface area (Å²) in [6.07, 6.45) is 6.15. The summed E-state index contributed by atoms with van der Waals surface area (Å²) in [6, 6.07) is 0. The second kappa shape index (κ2) is 8.71. The van der Waals surface area contributed by atoms with Gasteiger partial charge in [-0.05, 0) is 20.8 Å². The Balaban J connectivity index is 3.69. The average Bonchev–Trinajstić information content (AvgIpc) is 2.18. The average molecular weight is 226 g/mol. The van der Waals surface area contributed by atoms with Gasteiger partial charge in [0.05, 0.1) is 6.61 Å². The van der Waals surface area contributed by atoms with Crippen molar-refractivity contribution < 1.29 is 19.1 Å². The molecule has 0 aromatic heterocycles. The summed E-state index contributed by atoms with van der Waals surface area (Å²) < 4.78 is 9.86. The monoisotopic (exact) mass is 226 g/mol. The zero-order valence-corrected chi connectivity index (χ0v) is 9.93. The van der Waals surface area contributed by atoms with Crippen molar-refractivity contribution in [3.63, 3.8) is 0 Å². The third-order valence-corrected chi connectivity index (χ3v) is 1.69. The normalized spacial score (nSPS) is 12.9. The highest BCUT2D eigenvalue weighted by molar-refractivity contribution is 5.82. The first kappa shape index (κ1) is 14.4. The summed E-state index contributed by atoms with van der Waals surface area (Å²) in [5, 5.41) is 0. The van der Waals surface area contributed by atoms with E-state index in [2.05, 4.69) is 0 Å². The van der Waals surface area contributed by atoms with E-state index >= 15 is 0 Å². The highest BCUT2D eigenvalue weighted by Crippen LogP contribution is 1.99. The SMILES string of the molecule is C/C=C/C(=O)OCCC(C)OC(=O)/C=C/C. The van der Waals surface area contributed by atoms with E-state index in [1.807, 2.05) is 0 Å². The molecule has 0 N–H and O–H groups in total. The van der Waals surface area contributed by atoms with Crippen LogP contribution in [0.5, 0.6) is 0 Å². The fraction of sp³-hybridized carbons (Fsp3) is 0.500. The summed E-state index contributed by atoms with van der Waals surface area (Å²) in [6.45, 7) is 5.48. The number of carbonyl (C=O) groups is 2. The zero-order valence-electron chi connectivity index (χ0n) is 9.93. The molecule has 0 aromatic rings. The molecule has 0 radical (unpaired) electrons. The van der Waals surface area contributed by atoms with Crippen molar-refractivity contribution in [2.75, 3.05) is 6.61 Å². The smallest absolute Gasteiger partial charge is 0.330 e. The van der Waals surface area contributed by atoms with E-state index < -0.39 is 0 Å². The number of hydrogen-bond acceptors (Lipinski definition) is 4. The van der Waals surface area contributed by atoms with E-state index in [1.54, 1.807) is 32.9 Å². The molecule has 1 atom stereocenters. The molecular formula is C12H18O4. The minimum absolute atomic E-state index is 0.244. The number of ether oxygens (including phenoxy) is 2. The molecule has 16 heavy (non-hydrogen) atoms. The Labute approximate surface area is 95.9 Å². The molecule has 0 heterocycles. The summed E-state index contributed by atoms with van der Waals surface area (Å²) >= 11 is 0. The van der Waals surface area contributed by atoms with Gasteiger partial charge < -0.3 is 9.47 Å². The van der Waals surface area contributed by atoms with Crippen LogP contribution >= 0.6 is 0 Å². The van der Waals surface area contributed by atoms with Gasteiger partial charge in [0.15, 0.2) is 0 Å². The lowest BCUT2D eigenvalue weighted by atomic mass is 10.3. The van der Waals surface area contributed by atoms with E-state index in [4.69, 9.17) is 9.47 Å². The van der Waals surface area contributed by atoms with Gasteiger partial charge in [-0.2, -0.15) is 0 Å². The lowest BCUT2D eigenvalue weighted by molar-refractivity contribution is -0.144. The van der Waals surface area contributed by atoms with Gasteiger partial charge in [-0.1, -0.05) is 12.2 Å². The van der Waals surface area contributed by atoms with Gasteiger partial charge in [-0.25, -0.2) is 9.59 Å². The molecule has 0 rings (SSSR count). The molecule has 0 aromatic carbocycles. The largest absolute Gasteiger partial charge is 0.462 e. The van der Waals surface area contributed by atoms with Gasteiger partial charge in [0, 0.05) is 18.6 Å². The topological polar surface area (TPSA) is 52.6 Å². The van der Waals surface area contributed by atoms with Crippen molar-refractivity contribution in [3.8, 4) is 0 Å². The standard InChI is InChI=1S/C12H18O4/c1-4-6-11(13)15-9-8-10(3)16-12(14)7-5-2/h4-7,10H,8-9H2,1-3H3/b6-4+,7-5+. The summed E-state index contributed by atoms with van der Waals surface area (Å²) in [5.74, 6) is -0.760. The first-order valence-corrected chi connectivity index (χ1v) is 5.23. The first-order valence-electron chi connectivity index (χ1n) is 5.23. The van der Waals surface area contributed by atoms with Crippen molar-refractivity contribution in [1.82, 2.24) is 0 Å². The van der Waals surface area contributed by atoms with E-state index in [1.165, 1.54) is 12.2 Å².